The molecule has 0 bridgehead atoms. The molecule has 0 atom stereocenters. The van der Waals surface area contributed by atoms with Crippen LogP contribution >= 0.6 is 0 Å². The molecule has 0 heterocycles. The van der Waals surface area contributed by atoms with E-state index in [1.54, 1.807) is 0 Å². The minimum atomic E-state index is -1.01. The van der Waals surface area contributed by atoms with Gasteiger partial charge >= 0.3 is 6.09 Å². The number of nitrogens with zero attached hydrogens (tertiary/aromatic N) is 2. The van der Waals surface area contributed by atoms with Crippen LogP contribution in [0.25, 0.3) is 0 Å². The molecule has 0 unspecified atom stereocenters. The van der Waals surface area contributed by atoms with Crippen molar-refractivity contribution in [1.29, 1.82) is 0 Å². The summed E-state index contributed by atoms with van der Waals surface area (Å²) in [6, 6.07) is 23.6. The van der Waals surface area contributed by atoms with Gasteiger partial charge in [-0.2, -0.15) is 0 Å². The van der Waals surface area contributed by atoms with Gasteiger partial charge in [-0.05, 0) is 65.4 Å². The minimum Gasteiger partial charge on any atom is -0.465 e. The average Bonchev–Trinajstić information content (AvgIpc) is 2.79. The van der Waals surface area contributed by atoms with Crippen molar-refractivity contribution in [2.24, 2.45) is 0 Å². The maximum atomic E-state index is 10.8. The van der Waals surface area contributed by atoms with Crippen LogP contribution in [0, 0.1) is 0 Å². The summed E-state index contributed by atoms with van der Waals surface area (Å²) in [5.41, 5.74) is 8.40. The van der Waals surface area contributed by atoms with E-state index < -0.39 is 6.09 Å². The van der Waals surface area contributed by atoms with Crippen molar-refractivity contribution in [3.05, 3.63) is 89.0 Å². The van der Waals surface area contributed by atoms with E-state index in [1.165, 1.54) is 33.6 Å². The standard InChI is InChI=1S/C27H34N4O2/c1-30(2)23-12-8-20(9-13-23)18-22-6-5-7-26(28-16-17-29-27(32)33)25(22)19-21-10-14-24(15-11-21)31(3)4/h5-15,28-29H,16-19H2,1-4H3,(H,32,33). The SMILES string of the molecule is CN(C)c1ccc(Cc2cccc(NCCNC(=O)O)c2Cc2ccc(N(C)C)cc2)cc1. The largest absolute Gasteiger partial charge is 0.465 e. The number of nitrogens with one attached hydrogen (secondary N) is 2. The molecule has 6 heteroatoms. The minimum absolute atomic E-state index is 0.350. The predicted molar refractivity (Wildman–Crippen MR) is 138 cm³/mol. The highest BCUT2D eigenvalue weighted by molar-refractivity contribution is 5.64. The molecule has 0 saturated heterocycles. The van der Waals surface area contributed by atoms with Crippen molar-refractivity contribution in [1.82, 2.24) is 5.32 Å². The normalized spacial score (nSPS) is 10.5. The van der Waals surface area contributed by atoms with Crippen LogP contribution in [0.15, 0.2) is 66.7 Å². The van der Waals surface area contributed by atoms with Crippen LogP contribution in [0.2, 0.25) is 0 Å². The van der Waals surface area contributed by atoms with Crippen LogP contribution in [-0.4, -0.2) is 52.5 Å². The monoisotopic (exact) mass is 446 g/mol. The Bertz CT molecular complexity index is 1040. The third-order valence-electron chi connectivity index (χ3n) is 5.67. The molecule has 174 valence electrons. The van der Waals surface area contributed by atoms with Gasteiger partial charge in [0, 0.05) is 58.3 Å². The Hall–Kier alpha value is -3.67. The summed E-state index contributed by atoms with van der Waals surface area (Å²) in [6.45, 7) is 0.877. The van der Waals surface area contributed by atoms with Gasteiger partial charge in [0.15, 0.2) is 0 Å². The molecule has 0 aliphatic heterocycles. The number of hydrogen-bond acceptors (Lipinski definition) is 4. The molecular weight excluding hydrogens is 412 g/mol. The lowest BCUT2D eigenvalue weighted by atomic mass is 9.93. The third-order valence-corrected chi connectivity index (χ3v) is 5.67. The second-order valence-corrected chi connectivity index (χ2v) is 8.58. The second kappa shape index (κ2) is 11.3. The van der Waals surface area contributed by atoms with Crippen LogP contribution in [0.3, 0.4) is 0 Å². The van der Waals surface area contributed by atoms with Gasteiger partial charge in [0.25, 0.3) is 0 Å². The predicted octanol–water partition coefficient (Wildman–Crippen LogP) is 4.68. The first-order valence-electron chi connectivity index (χ1n) is 11.2. The Morgan fingerprint density at radius 2 is 1.30 bits per heavy atom. The number of carboxylic acid groups (broad SMARTS) is 1. The fourth-order valence-electron chi connectivity index (χ4n) is 3.79. The lowest BCUT2D eigenvalue weighted by molar-refractivity contribution is 0.195. The fourth-order valence-corrected chi connectivity index (χ4v) is 3.79. The number of amides is 1. The van der Waals surface area contributed by atoms with Crippen molar-refractivity contribution in [2.75, 3.05) is 56.4 Å². The number of rotatable bonds is 10. The van der Waals surface area contributed by atoms with Gasteiger partial charge in [-0.3, -0.25) is 0 Å². The highest BCUT2D eigenvalue weighted by Gasteiger charge is 2.11. The summed E-state index contributed by atoms with van der Waals surface area (Å²) in [5.74, 6) is 0. The van der Waals surface area contributed by atoms with E-state index in [0.29, 0.717) is 13.1 Å². The number of anilines is 3. The molecule has 3 aromatic rings. The zero-order valence-electron chi connectivity index (χ0n) is 19.9. The molecule has 3 rings (SSSR count). The van der Waals surface area contributed by atoms with E-state index in [0.717, 1.165) is 18.5 Å². The Labute approximate surface area is 196 Å². The van der Waals surface area contributed by atoms with E-state index in [-0.39, 0.29) is 0 Å². The Kier molecular flexibility index (Phi) is 8.19. The van der Waals surface area contributed by atoms with Gasteiger partial charge in [-0.25, -0.2) is 4.79 Å². The molecule has 0 aliphatic carbocycles. The zero-order chi connectivity index (χ0) is 23.8. The molecule has 1 amide bonds. The van der Waals surface area contributed by atoms with Crippen LogP contribution in [0.1, 0.15) is 22.3 Å². The highest BCUT2D eigenvalue weighted by Crippen LogP contribution is 2.27. The molecule has 3 aromatic carbocycles. The molecule has 3 N–H and O–H groups in total. The molecule has 0 spiro atoms. The Morgan fingerprint density at radius 3 is 1.82 bits per heavy atom. The fraction of sp³-hybridized carbons (Fsp3) is 0.296. The maximum Gasteiger partial charge on any atom is 0.404 e. The number of carbonyl (C=O) groups is 1. The van der Waals surface area contributed by atoms with Crippen LogP contribution in [0.4, 0.5) is 21.9 Å². The zero-order valence-corrected chi connectivity index (χ0v) is 19.9. The van der Waals surface area contributed by atoms with Crippen molar-refractivity contribution in [3.63, 3.8) is 0 Å². The summed E-state index contributed by atoms with van der Waals surface area (Å²) >= 11 is 0. The Morgan fingerprint density at radius 1 is 0.758 bits per heavy atom. The molecule has 0 saturated carbocycles. The molecule has 0 radical (unpaired) electrons. The van der Waals surface area contributed by atoms with E-state index in [4.69, 9.17) is 5.11 Å². The molecule has 0 aliphatic rings. The maximum absolute atomic E-state index is 10.8. The molecule has 33 heavy (non-hydrogen) atoms. The van der Waals surface area contributed by atoms with Gasteiger partial charge in [-0.15, -0.1) is 0 Å². The second-order valence-electron chi connectivity index (χ2n) is 8.58. The molecule has 0 aromatic heterocycles. The van der Waals surface area contributed by atoms with E-state index in [2.05, 4.69) is 87.2 Å². The van der Waals surface area contributed by atoms with E-state index in [1.807, 2.05) is 28.2 Å². The van der Waals surface area contributed by atoms with Crippen LogP contribution < -0.4 is 20.4 Å². The topological polar surface area (TPSA) is 67.8 Å². The third kappa shape index (κ3) is 6.91. The smallest absolute Gasteiger partial charge is 0.404 e. The van der Waals surface area contributed by atoms with E-state index >= 15 is 0 Å². The first-order chi connectivity index (χ1) is 15.8. The van der Waals surface area contributed by atoms with Crippen molar-refractivity contribution in [3.8, 4) is 0 Å². The van der Waals surface area contributed by atoms with Crippen LogP contribution in [0.5, 0.6) is 0 Å². The average molecular weight is 447 g/mol. The number of benzene rings is 3. The summed E-state index contributed by atoms with van der Waals surface area (Å²) < 4.78 is 0. The van der Waals surface area contributed by atoms with Crippen molar-refractivity contribution >= 4 is 23.2 Å². The summed E-state index contributed by atoms with van der Waals surface area (Å²) in [5, 5.41) is 14.7. The first-order valence-corrected chi connectivity index (χ1v) is 11.2. The quantitative estimate of drug-likeness (QED) is 0.395. The van der Waals surface area contributed by atoms with Crippen LogP contribution in [-0.2, 0) is 12.8 Å². The van der Waals surface area contributed by atoms with Gasteiger partial charge in [-0.1, -0.05) is 36.4 Å². The summed E-state index contributed by atoms with van der Waals surface area (Å²) in [6.07, 6.45) is 0.628. The van der Waals surface area contributed by atoms with Gasteiger partial charge < -0.3 is 25.5 Å². The van der Waals surface area contributed by atoms with Gasteiger partial charge in [0.05, 0.1) is 0 Å². The van der Waals surface area contributed by atoms with Crippen molar-refractivity contribution in [2.45, 2.75) is 12.8 Å². The van der Waals surface area contributed by atoms with Gasteiger partial charge in [0.2, 0.25) is 0 Å². The Balaban J connectivity index is 1.86. The lowest BCUT2D eigenvalue weighted by Gasteiger charge is -2.18. The lowest BCUT2D eigenvalue weighted by Crippen LogP contribution is -2.27. The summed E-state index contributed by atoms with van der Waals surface area (Å²) in [7, 11) is 8.17. The first kappa shape index (κ1) is 24.0. The van der Waals surface area contributed by atoms with Gasteiger partial charge in [0.1, 0.15) is 0 Å². The van der Waals surface area contributed by atoms with Crippen molar-refractivity contribution < 1.29 is 9.90 Å². The number of hydrogen-bond donors (Lipinski definition) is 3. The summed E-state index contributed by atoms with van der Waals surface area (Å²) in [4.78, 5) is 15.0. The molecule has 6 nitrogen and oxygen atoms in total. The highest BCUT2D eigenvalue weighted by atomic mass is 16.4. The molecular formula is C27H34N4O2. The molecule has 0 fully saturated rings. The van der Waals surface area contributed by atoms with E-state index in [9.17, 15) is 4.79 Å².